The summed E-state index contributed by atoms with van der Waals surface area (Å²) in [6, 6.07) is 8.15. The van der Waals surface area contributed by atoms with Crippen LogP contribution in [0.2, 0.25) is 0 Å². The van der Waals surface area contributed by atoms with Crippen LogP contribution in [-0.2, 0) is 9.84 Å². The predicted molar refractivity (Wildman–Crippen MR) is 82.6 cm³/mol. The molecule has 2 atom stereocenters. The van der Waals surface area contributed by atoms with Gasteiger partial charge in [-0.2, -0.15) is 5.26 Å². The number of piperidine rings is 1. The molecule has 5 heteroatoms. The van der Waals surface area contributed by atoms with Crippen molar-refractivity contribution < 1.29 is 8.42 Å². The molecule has 0 aliphatic carbocycles. The molecule has 2 rings (SSSR count). The van der Waals surface area contributed by atoms with Gasteiger partial charge in [-0.1, -0.05) is 13.8 Å². The molecule has 2 unspecified atom stereocenters. The number of nitrogens with zero attached hydrogens (tertiary/aromatic N) is 2. The van der Waals surface area contributed by atoms with E-state index in [-0.39, 0.29) is 5.75 Å². The number of likely N-dealkylation sites (tertiary alicyclic amines) is 1. The van der Waals surface area contributed by atoms with Crippen LogP contribution in [0.4, 0.5) is 0 Å². The van der Waals surface area contributed by atoms with Gasteiger partial charge in [0.15, 0.2) is 9.84 Å². The van der Waals surface area contributed by atoms with Gasteiger partial charge in [0.25, 0.3) is 0 Å². The molecule has 0 saturated carbocycles. The molecule has 21 heavy (non-hydrogen) atoms. The van der Waals surface area contributed by atoms with Crippen molar-refractivity contribution in [3.05, 3.63) is 29.8 Å². The zero-order chi connectivity index (χ0) is 15.5. The summed E-state index contributed by atoms with van der Waals surface area (Å²) in [5, 5.41) is 8.75. The summed E-state index contributed by atoms with van der Waals surface area (Å²) >= 11 is 0. The van der Waals surface area contributed by atoms with Crippen molar-refractivity contribution in [3.8, 4) is 6.07 Å². The van der Waals surface area contributed by atoms with Gasteiger partial charge in [-0.15, -0.1) is 0 Å². The summed E-state index contributed by atoms with van der Waals surface area (Å²) in [4.78, 5) is 2.56. The Bertz CT molecular complexity index is 607. The van der Waals surface area contributed by atoms with Gasteiger partial charge in [0, 0.05) is 19.6 Å². The van der Waals surface area contributed by atoms with Crippen LogP contribution < -0.4 is 0 Å². The second-order valence-electron chi connectivity index (χ2n) is 6.16. The third kappa shape index (κ3) is 4.29. The first-order chi connectivity index (χ1) is 9.90. The molecule has 0 N–H and O–H groups in total. The Balaban J connectivity index is 1.99. The summed E-state index contributed by atoms with van der Waals surface area (Å²) < 4.78 is 24.7. The Morgan fingerprint density at radius 1 is 1.19 bits per heavy atom. The van der Waals surface area contributed by atoms with E-state index in [1.807, 2.05) is 6.07 Å². The quantitative estimate of drug-likeness (QED) is 0.856. The van der Waals surface area contributed by atoms with Crippen LogP contribution in [0.25, 0.3) is 0 Å². The van der Waals surface area contributed by atoms with Gasteiger partial charge in [0.05, 0.1) is 22.3 Å². The lowest BCUT2D eigenvalue weighted by molar-refractivity contribution is 0.148. The highest BCUT2D eigenvalue weighted by Crippen LogP contribution is 2.21. The first kappa shape index (κ1) is 16.0. The fourth-order valence-corrected chi connectivity index (χ4v) is 4.36. The van der Waals surface area contributed by atoms with Crippen molar-refractivity contribution in [1.29, 1.82) is 5.26 Å². The Kier molecular flexibility index (Phi) is 5.02. The number of hydrogen-bond donors (Lipinski definition) is 0. The number of rotatable bonds is 4. The summed E-state index contributed by atoms with van der Waals surface area (Å²) in [6.45, 7) is 6.98. The average molecular weight is 306 g/mol. The van der Waals surface area contributed by atoms with Crippen molar-refractivity contribution >= 4 is 9.84 Å². The zero-order valence-corrected chi connectivity index (χ0v) is 13.4. The molecular formula is C16H22N2O2S. The highest BCUT2D eigenvalue weighted by Gasteiger charge is 2.23. The van der Waals surface area contributed by atoms with Gasteiger partial charge in [-0.3, -0.25) is 0 Å². The lowest BCUT2D eigenvalue weighted by atomic mass is 9.92. The smallest absolute Gasteiger partial charge is 0.179 e. The fourth-order valence-electron chi connectivity index (χ4n) is 3.08. The van der Waals surface area contributed by atoms with Gasteiger partial charge in [0.2, 0.25) is 0 Å². The van der Waals surface area contributed by atoms with E-state index in [0.717, 1.165) is 13.1 Å². The number of hydrogen-bond acceptors (Lipinski definition) is 4. The van der Waals surface area contributed by atoms with Crippen molar-refractivity contribution in [3.63, 3.8) is 0 Å². The van der Waals surface area contributed by atoms with Gasteiger partial charge in [-0.05, 0) is 42.5 Å². The van der Waals surface area contributed by atoms with Gasteiger partial charge in [-0.25, -0.2) is 8.42 Å². The molecule has 1 aromatic rings. The molecule has 0 spiro atoms. The molecule has 4 nitrogen and oxygen atoms in total. The number of nitriles is 1. The third-order valence-electron chi connectivity index (χ3n) is 3.96. The Labute approximate surface area is 127 Å². The molecule has 1 heterocycles. The van der Waals surface area contributed by atoms with Crippen LogP contribution in [0.3, 0.4) is 0 Å². The SMILES string of the molecule is CC1CC(C)CN(CCS(=O)(=O)c2ccc(C#N)cc2)C1. The maximum absolute atomic E-state index is 12.3. The lowest BCUT2D eigenvalue weighted by Crippen LogP contribution is -2.41. The number of sulfone groups is 1. The van der Waals surface area contributed by atoms with Gasteiger partial charge < -0.3 is 4.90 Å². The summed E-state index contributed by atoms with van der Waals surface area (Å²) in [5.74, 6) is 1.40. The van der Waals surface area contributed by atoms with Crippen LogP contribution in [-0.4, -0.2) is 38.7 Å². The minimum Gasteiger partial charge on any atom is -0.302 e. The second-order valence-corrected chi connectivity index (χ2v) is 8.27. The summed E-state index contributed by atoms with van der Waals surface area (Å²) in [6.07, 6.45) is 1.22. The van der Waals surface area contributed by atoms with E-state index < -0.39 is 9.84 Å². The van der Waals surface area contributed by atoms with Crippen molar-refractivity contribution in [2.75, 3.05) is 25.4 Å². The van der Waals surface area contributed by atoms with Crippen LogP contribution in [0.1, 0.15) is 25.8 Å². The molecule has 1 saturated heterocycles. The van der Waals surface area contributed by atoms with E-state index in [1.165, 1.54) is 18.6 Å². The molecule has 0 aromatic heterocycles. The molecule has 1 aromatic carbocycles. The topological polar surface area (TPSA) is 61.2 Å². The average Bonchev–Trinajstić information content (AvgIpc) is 2.44. The molecule has 1 fully saturated rings. The van der Waals surface area contributed by atoms with E-state index in [1.54, 1.807) is 12.1 Å². The second kappa shape index (κ2) is 6.59. The fraction of sp³-hybridized carbons (Fsp3) is 0.562. The van der Waals surface area contributed by atoms with Crippen LogP contribution in [0.15, 0.2) is 29.2 Å². The highest BCUT2D eigenvalue weighted by atomic mass is 32.2. The Hall–Kier alpha value is -1.38. The lowest BCUT2D eigenvalue weighted by Gasteiger charge is -2.34. The van der Waals surface area contributed by atoms with Crippen LogP contribution >= 0.6 is 0 Å². The van der Waals surface area contributed by atoms with Gasteiger partial charge in [0.1, 0.15) is 0 Å². The Morgan fingerprint density at radius 3 is 2.29 bits per heavy atom. The maximum Gasteiger partial charge on any atom is 0.179 e. The molecule has 114 valence electrons. The predicted octanol–water partition coefficient (Wildman–Crippen LogP) is 2.31. The van der Waals surface area contributed by atoms with Crippen LogP contribution in [0.5, 0.6) is 0 Å². The van der Waals surface area contributed by atoms with Crippen molar-refractivity contribution in [2.45, 2.75) is 25.2 Å². The third-order valence-corrected chi connectivity index (χ3v) is 5.67. The largest absolute Gasteiger partial charge is 0.302 e. The standard InChI is InChI=1S/C16H22N2O2S/c1-13-9-14(2)12-18(11-13)7-8-21(19,20)16-5-3-15(10-17)4-6-16/h3-6,13-14H,7-9,11-12H2,1-2H3. The van der Waals surface area contributed by atoms with Crippen molar-refractivity contribution in [2.24, 2.45) is 11.8 Å². The monoisotopic (exact) mass is 306 g/mol. The molecule has 1 aliphatic rings. The maximum atomic E-state index is 12.3. The van der Waals surface area contributed by atoms with E-state index in [4.69, 9.17) is 5.26 Å². The molecular weight excluding hydrogens is 284 g/mol. The molecule has 0 amide bonds. The van der Waals surface area contributed by atoms with E-state index >= 15 is 0 Å². The Morgan fingerprint density at radius 2 is 1.76 bits per heavy atom. The number of benzene rings is 1. The minimum absolute atomic E-state index is 0.137. The van der Waals surface area contributed by atoms with Gasteiger partial charge >= 0.3 is 0 Å². The van der Waals surface area contributed by atoms with Crippen molar-refractivity contribution in [1.82, 2.24) is 4.90 Å². The van der Waals surface area contributed by atoms with E-state index in [0.29, 0.717) is 28.8 Å². The zero-order valence-electron chi connectivity index (χ0n) is 12.6. The van der Waals surface area contributed by atoms with Crippen LogP contribution in [0, 0.1) is 23.2 Å². The molecule has 1 aliphatic heterocycles. The molecule has 0 radical (unpaired) electrons. The van der Waals surface area contributed by atoms with E-state index in [2.05, 4.69) is 18.7 Å². The first-order valence-corrected chi connectivity index (χ1v) is 9.01. The minimum atomic E-state index is -3.27. The highest BCUT2D eigenvalue weighted by molar-refractivity contribution is 7.91. The summed E-state index contributed by atoms with van der Waals surface area (Å²) in [5.41, 5.74) is 0.479. The normalized spacial score (nSPS) is 23.7. The van der Waals surface area contributed by atoms with E-state index in [9.17, 15) is 8.42 Å². The summed E-state index contributed by atoms with van der Waals surface area (Å²) in [7, 11) is -3.27. The first-order valence-electron chi connectivity index (χ1n) is 7.36. The molecule has 0 bridgehead atoms.